The van der Waals surface area contributed by atoms with Crippen LogP contribution in [0, 0.1) is 0 Å². The minimum atomic E-state index is -0.926. The summed E-state index contributed by atoms with van der Waals surface area (Å²) in [4.78, 5) is 2.55. The summed E-state index contributed by atoms with van der Waals surface area (Å²) in [6.07, 6.45) is 2.15. The molecule has 0 unspecified atom stereocenters. The Labute approximate surface area is 83.8 Å². The summed E-state index contributed by atoms with van der Waals surface area (Å²) in [7, 11) is -0.926. The van der Waals surface area contributed by atoms with E-state index in [2.05, 4.69) is 31.4 Å². The van der Waals surface area contributed by atoms with Crippen LogP contribution < -0.4 is 0 Å². The Balaban J connectivity index is 2.36. The molecule has 1 fully saturated rings. The van der Waals surface area contributed by atoms with E-state index in [9.17, 15) is 0 Å². The maximum atomic E-state index is 3.91. The van der Waals surface area contributed by atoms with Crippen molar-refractivity contribution in [2.45, 2.75) is 38.0 Å². The van der Waals surface area contributed by atoms with Crippen LogP contribution in [-0.4, -0.2) is 32.6 Å². The molecule has 0 radical (unpaired) electrons. The second kappa shape index (κ2) is 4.96. The highest BCUT2D eigenvalue weighted by molar-refractivity contribution is 6.80. The third-order valence-electron chi connectivity index (χ3n) is 3.58. The Hall–Kier alpha value is -0.0831. The summed E-state index contributed by atoms with van der Waals surface area (Å²) in [5.74, 6) is 0. The first kappa shape index (κ1) is 11.0. The molecule has 0 aromatic heterocycles. The molecule has 1 aliphatic heterocycles. The van der Waals surface area contributed by atoms with Crippen molar-refractivity contribution in [3.05, 3.63) is 12.7 Å². The van der Waals surface area contributed by atoms with Gasteiger partial charge in [-0.3, -0.25) is 0 Å². The van der Waals surface area contributed by atoms with Crippen LogP contribution in [0.3, 0.4) is 0 Å². The number of hydrogen-bond donors (Lipinski definition) is 0. The fourth-order valence-electron chi connectivity index (χ4n) is 1.99. The lowest BCUT2D eigenvalue weighted by atomic mass is 10.7. The smallest absolute Gasteiger partial charge is 0.0580 e. The van der Waals surface area contributed by atoms with Gasteiger partial charge >= 0.3 is 0 Å². The van der Waals surface area contributed by atoms with Crippen molar-refractivity contribution in [1.29, 1.82) is 0 Å². The molecule has 0 saturated carbocycles. The van der Waals surface area contributed by atoms with Crippen molar-refractivity contribution in [1.82, 2.24) is 4.90 Å². The van der Waals surface area contributed by atoms with E-state index in [1.807, 2.05) is 0 Å². The highest BCUT2D eigenvalue weighted by Crippen LogP contribution is 2.26. The molecular weight excluding hydrogens is 174 g/mol. The van der Waals surface area contributed by atoms with Gasteiger partial charge in [-0.25, -0.2) is 0 Å². The Morgan fingerprint density at radius 1 is 1.31 bits per heavy atom. The summed E-state index contributed by atoms with van der Waals surface area (Å²) in [6, 6.07) is 5.69. The van der Waals surface area contributed by atoms with E-state index >= 15 is 0 Å². The van der Waals surface area contributed by atoms with Crippen molar-refractivity contribution in [3.8, 4) is 0 Å². The molecule has 1 rings (SSSR count). The monoisotopic (exact) mass is 197 g/mol. The normalized spacial score (nSPS) is 17.4. The van der Waals surface area contributed by atoms with Crippen LogP contribution in [0.2, 0.25) is 24.2 Å². The van der Waals surface area contributed by atoms with Gasteiger partial charge in [0.2, 0.25) is 0 Å². The van der Waals surface area contributed by atoms with Crippen LogP contribution in [0.25, 0.3) is 0 Å². The molecule has 1 nitrogen and oxygen atoms in total. The lowest BCUT2D eigenvalue weighted by Gasteiger charge is -2.28. The number of hydrogen-bond acceptors (Lipinski definition) is 1. The minimum Gasteiger partial charge on any atom is -0.301 e. The Kier molecular flexibility index (Phi) is 4.20. The third kappa shape index (κ3) is 3.28. The standard InChI is InChI=1S/C11H23NSi/c1-4-10-13(5-2,6-3)11-9-12-7-8-12/h4H,1,5-11H2,2-3H3. The molecule has 1 aliphatic rings. The van der Waals surface area contributed by atoms with E-state index in [1.165, 1.54) is 43.8 Å². The number of allylic oxidation sites excluding steroid dienone is 1. The quantitative estimate of drug-likeness (QED) is 0.344. The molecule has 0 aromatic rings. The Morgan fingerprint density at radius 3 is 2.31 bits per heavy atom. The van der Waals surface area contributed by atoms with E-state index in [0.29, 0.717) is 0 Å². The fourth-order valence-corrected chi connectivity index (χ4v) is 5.38. The van der Waals surface area contributed by atoms with E-state index in [0.717, 1.165) is 0 Å². The summed E-state index contributed by atoms with van der Waals surface area (Å²) < 4.78 is 0. The molecule has 0 amide bonds. The zero-order valence-electron chi connectivity index (χ0n) is 9.18. The highest BCUT2D eigenvalue weighted by Gasteiger charge is 2.29. The molecule has 0 aliphatic carbocycles. The van der Waals surface area contributed by atoms with Gasteiger partial charge in [0.15, 0.2) is 0 Å². The third-order valence-corrected chi connectivity index (χ3v) is 9.01. The predicted octanol–water partition coefficient (Wildman–Crippen LogP) is 2.98. The molecule has 1 saturated heterocycles. The van der Waals surface area contributed by atoms with Gasteiger partial charge in [-0.2, -0.15) is 0 Å². The van der Waals surface area contributed by atoms with Gasteiger partial charge in [0.05, 0.1) is 8.07 Å². The van der Waals surface area contributed by atoms with Crippen LogP contribution in [0.1, 0.15) is 13.8 Å². The number of nitrogens with zero attached hydrogens (tertiary/aromatic N) is 1. The van der Waals surface area contributed by atoms with Crippen molar-refractivity contribution >= 4 is 8.07 Å². The Morgan fingerprint density at radius 2 is 1.92 bits per heavy atom. The van der Waals surface area contributed by atoms with Gasteiger partial charge in [-0.15, -0.1) is 6.58 Å². The second-order valence-corrected chi connectivity index (χ2v) is 9.61. The number of rotatable bonds is 7. The van der Waals surface area contributed by atoms with E-state index in [-0.39, 0.29) is 0 Å². The molecule has 0 bridgehead atoms. The zero-order chi connectivity index (χ0) is 9.73. The van der Waals surface area contributed by atoms with E-state index in [4.69, 9.17) is 0 Å². The van der Waals surface area contributed by atoms with Gasteiger partial charge in [-0.1, -0.05) is 32.0 Å². The zero-order valence-corrected chi connectivity index (χ0v) is 10.2. The molecule has 0 aromatic carbocycles. The average molecular weight is 197 g/mol. The molecule has 76 valence electrons. The SMILES string of the molecule is C=CC[Si](CC)(CC)CCN1CC1. The summed E-state index contributed by atoms with van der Waals surface area (Å²) in [5, 5.41) is 0. The maximum Gasteiger partial charge on any atom is 0.0580 e. The maximum absolute atomic E-state index is 3.91. The van der Waals surface area contributed by atoms with Crippen molar-refractivity contribution in [3.63, 3.8) is 0 Å². The predicted molar refractivity (Wildman–Crippen MR) is 63.0 cm³/mol. The van der Waals surface area contributed by atoms with Gasteiger partial charge in [0.25, 0.3) is 0 Å². The van der Waals surface area contributed by atoms with Crippen LogP contribution >= 0.6 is 0 Å². The van der Waals surface area contributed by atoms with E-state index in [1.54, 1.807) is 0 Å². The topological polar surface area (TPSA) is 3.01 Å². The summed E-state index contributed by atoms with van der Waals surface area (Å²) in [6.45, 7) is 12.7. The minimum absolute atomic E-state index is 0.926. The summed E-state index contributed by atoms with van der Waals surface area (Å²) >= 11 is 0. The molecule has 1 heterocycles. The largest absolute Gasteiger partial charge is 0.301 e. The van der Waals surface area contributed by atoms with Crippen LogP contribution in [-0.2, 0) is 0 Å². The first-order valence-electron chi connectivity index (χ1n) is 5.59. The Bertz CT molecular complexity index is 159. The molecule has 0 atom stereocenters. The first-order chi connectivity index (χ1) is 6.26. The van der Waals surface area contributed by atoms with Crippen LogP contribution in [0.4, 0.5) is 0 Å². The fraction of sp³-hybridized carbons (Fsp3) is 0.818. The van der Waals surface area contributed by atoms with Crippen LogP contribution in [0.5, 0.6) is 0 Å². The van der Waals surface area contributed by atoms with Crippen LogP contribution in [0.15, 0.2) is 12.7 Å². The van der Waals surface area contributed by atoms with Gasteiger partial charge in [0.1, 0.15) is 0 Å². The van der Waals surface area contributed by atoms with E-state index < -0.39 is 8.07 Å². The summed E-state index contributed by atoms with van der Waals surface area (Å²) in [5.41, 5.74) is 0. The molecule has 13 heavy (non-hydrogen) atoms. The lowest BCUT2D eigenvalue weighted by molar-refractivity contribution is 0.588. The first-order valence-corrected chi connectivity index (χ1v) is 8.42. The van der Waals surface area contributed by atoms with Crippen molar-refractivity contribution in [2.24, 2.45) is 0 Å². The molecular formula is C11H23NSi. The van der Waals surface area contributed by atoms with Crippen molar-refractivity contribution in [2.75, 3.05) is 19.6 Å². The molecule has 0 spiro atoms. The van der Waals surface area contributed by atoms with Gasteiger partial charge in [-0.05, 0) is 18.6 Å². The lowest BCUT2D eigenvalue weighted by Crippen LogP contribution is -2.33. The van der Waals surface area contributed by atoms with Gasteiger partial charge < -0.3 is 4.90 Å². The van der Waals surface area contributed by atoms with Gasteiger partial charge in [0, 0.05) is 13.1 Å². The van der Waals surface area contributed by atoms with Crippen molar-refractivity contribution < 1.29 is 0 Å². The highest BCUT2D eigenvalue weighted by atomic mass is 28.3. The molecule has 2 heteroatoms. The molecule has 0 N–H and O–H groups in total. The average Bonchev–Trinajstić information content (AvgIpc) is 2.96. The second-order valence-electron chi connectivity index (χ2n) is 4.29.